The zero-order valence-electron chi connectivity index (χ0n) is 23.9. The van der Waals surface area contributed by atoms with Crippen molar-refractivity contribution < 1.29 is 10.2 Å². The molecule has 39 heavy (non-hydrogen) atoms. The molecule has 11 heteroatoms. The fourth-order valence-corrected chi connectivity index (χ4v) is 5.39. The lowest BCUT2D eigenvalue weighted by Gasteiger charge is -2.25. The highest BCUT2D eigenvalue weighted by Gasteiger charge is 2.33. The molecule has 0 fully saturated rings. The third-order valence-corrected chi connectivity index (χ3v) is 7.50. The number of aromatic nitrogens is 4. The van der Waals surface area contributed by atoms with E-state index in [2.05, 4.69) is 19.2 Å². The van der Waals surface area contributed by atoms with Gasteiger partial charge < -0.3 is 15.5 Å². The third-order valence-electron chi connectivity index (χ3n) is 6.62. The summed E-state index contributed by atoms with van der Waals surface area (Å²) >= 11 is 10.9. The van der Waals surface area contributed by atoms with E-state index in [0.29, 0.717) is 18.7 Å². The van der Waals surface area contributed by atoms with Gasteiger partial charge in [-0.1, -0.05) is 43.7 Å². The van der Waals surface area contributed by atoms with Gasteiger partial charge in [0.1, 0.15) is 0 Å². The molecule has 3 aromatic rings. The largest absolute Gasteiger partial charge is 0.494 e. The monoisotopic (exact) mass is 575 g/mol. The summed E-state index contributed by atoms with van der Waals surface area (Å²) in [6.45, 7) is 16.7. The van der Waals surface area contributed by atoms with E-state index in [-0.39, 0.29) is 45.5 Å². The van der Waals surface area contributed by atoms with Crippen molar-refractivity contribution in [2.24, 2.45) is 0 Å². The Kier molecular flexibility index (Phi) is 11.9. The summed E-state index contributed by atoms with van der Waals surface area (Å²) in [6.07, 6.45) is 0. The quantitative estimate of drug-likeness (QED) is 0.319. The summed E-state index contributed by atoms with van der Waals surface area (Å²) in [6, 6.07) is 7.30. The van der Waals surface area contributed by atoms with Crippen molar-refractivity contribution in [2.75, 3.05) is 13.1 Å². The van der Waals surface area contributed by atoms with E-state index in [1.807, 2.05) is 32.9 Å². The number of hydrogen-bond acceptors (Lipinski definition) is 7. The molecule has 3 rings (SSSR count). The van der Waals surface area contributed by atoms with Crippen LogP contribution in [0.25, 0.3) is 0 Å². The average Bonchev–Trinajstić information content (AvgIpc) is 2.90. The number of aromatic hydroxyl groups is 2. The standard InChI is InChI=1S/C24H30N4O4S2.C4H11N/c1-6-25-19(29)17(20(30)26(7-2)23(25)33)16(15-12-10-14(5)11-13-15)18-21(31)27(8-3)24(34)28(9-4)22(18)32;1-3-5-4-2/h10-13,16,29,31H,6-9H2,1-5H3;5H,3-4H2,1-2H3. The average molecular weight is 576 g/mol. The van der Waals surface area contributed by atoms with Gasteiger partial charge in [-0.2, -0.15) is 0 Å². The summed E-state index contributed by atoms with van der Waals surface area (Å²) in [4.78, 5) is 27.3. The van der Waals surface area contributed by atoms with E-state index >= 15 is 0 Å². The predicted octanol–water partition coefficient (Wildman–Crippen LogP) is 4.67. The first-order valence-electron chi connectivity index (χ1n) is 13.5. The predicted molar refractivity (Wildman–Crippen MR) is 161 cm³/mol. The number of rotatable bonds is 9. The zero-order chi connectivity index (χ0) is 29.4. The number of nitrogens with one attached hydrogen (secondary N) is 1. The van der Waals surface area contributed by atoms with Gasteiger partial charge in [0.15, 0.2) is 9.54 Å². The SMILES string of the molecule is CCNCC.CCn1c(O)c(C(c2ccc(C)cc2)c2c(O)n(CC)c(=S)n(CC)c2=O)c(=O)n(CC)c1=S. The zero-order valence-corrected chi connectivity index (χ0v) is 25.6. The fraction of sp³-hybridized carbons (Fsp3) is 0.500. The Hall–Kier alpha value is -3.02. The Morgan fingerprint density at radius 3 is 1.33 bits per heavy atom. The first-order valence-corrected chi connectivity index (χ1v) is 14.3. The van der Waals surface area contributed by atoms with Crippen LogP contribution < -0.4 is 16.4 Å². The maximum Gasteiger partial charge on any atom is 0.262 e. The van der Waals surface area contributed by atoms with Gasteiger partial charge >= 0.3 is 0 Å². The molecule has 2 aromatic heterocycles. The molecule has 0 aliphatic heterocycles. The molecular formula is C28H41N5O4S2. The molecule has 0 saturated carbocycles. The molecule has 0 amide bonds. The molecule has 9 nitrogen and oxygen atoms in total. The number of nitrogens with zero attached hydrogens (tertiary/aromatic N) is 4. The van der Waals surface area contributed by atoms with Crippen LogP contribution in [-0.2, 0) is 26.2 Å². The Morgan fingerprint density at radius 1 is 0.692 bits per heavy atom. The molecule has 0 atom stereocenters. The molecule has 1 aromatic carbocycles. The minimum atomic E-state index is -1.04. The van der Waals surface area contributed by atoms with Gasteiger partial charge in [0.2, 0.25) is 11.8 Å². The lowest BCUT2D eigenvalue weighted by molar-refractivity contribution is 0.380. The first kappa shape index (κ1) is 32.2. The molecule has 0 bridgehead atoms. The summed E-state index contributed by atoms with van der Waals surface area (Å²) in [5.74, 6) is -1.68. The maximum atomic E-state index is 13.7. The lowest BCUT2D eigenvalue weighted by atomic mass is 9.86. The van der Waals surface area contributed by atoms with Crippen LogP contribution in [-0.4, -0.2) is 41.6 Å². The summed E-state index contributed by atoms with van der Waals surface area (Å²) in [5.41, 5.74) is 0.518. The van der Waals surface area contributed by atoms with Gasteiger partial charge in [-0.3, -0.25) is 27.9 Å². The van der Waals surface area contributed by atoms with Gasteiger partial charge in [0.05, 0.1) is 17.0 Å². The molecule has 0 aliphatic rings. The van der Waals surface area contributed by atoms with Gasteiger partial charge in [-0.15, -0.1) is 0 Å². The minimum Gasteiger partial charge on any atom is -0.494 e. The number of benzene rings is 1. The maximum absolute atomic E-state index is 13.7. The second kappa shape index (κ2) is 14.4. The third kappa shape index (κ3) is 6.42. The molecule has 2 heterocycles. The molecule has 0 unspecified atom stereocenters. The van der Waals surface area contributed by atoms with Crippen molar-refractivity contribution in [1.29, 1.82) is 0 Å². The van der Waals surface area contributed by atoms with E-state index in [1.165, 1.54) is 18.3 Å². The second-order valence-electron chi connectivity index (χ2n) is 8.93. The second-order valence-corrected chi connectivity index (χ2v) is 9.66. The van der Waals surface area contributed by atoms with Crippen LogP contribution in [0.5, 0.6) is 11.8 Å². The van der Waals surface area contributed by atoms with Crippen molar-refractivity contribution in [1.82, 2.24) is 23.6 Å². The van der Waals surface area contributed by atoms with E-state index in [9.17, 15) is 19.8 Å². The van der Waals surface area contributed by atoms with Crippen LogP contribution >= 0.6 is 24.4 Å². The molecule has 0 aliphatic carbocycles. The van der Waals surface area contributed by atoms with Crippen molar-refractivity contribution in [3.63, 3.8) is 0 Å². The molecule has 0 spiro atoms. The van der Waals surface area contributed by atoms with Crippen LogP contribution in [0.4, 0.5) is 0 Å². The van der Waals surface area contributed by atoms with Crippen molar-refractivity contribution in [3.05, 3.63) is 76.8 Å². The Labute approximate surface area is 240 Å². The van der Waals surface area contributed by atoms with E-state index in [0.717, 1.165) is 18.7 Å². The number of aryl methyl sites for hydroxylation is 1. The summed E-state index contributed by atoms with van der Waals surface area (Å²) in [7, 11) is 0. The van der Waals surface area contributed by atoms with Gasteiger partial charge in [-0.05, 0) is 77.7 Å². The van der Waals surface area contributed by atoms with E-state index < -0.39 is 17.0 Å². The highest BCUT2D eigenvalue weighted by atomic mass is 32.1. The molecule has 3 N–H and O–H groups in total. The summed E-state index contributed by atoms with van der Waals surface area (Å²) < 4.78 is 6.08. The molecule has 0 saturated heterocycles. The smallest absolute Gasteiger partial charge is 0.262 e. The first-order chi connectivity index (χ1) is 18.6. The van der Waals surface area contributed by atoms with Crippen LogP contribution in [0.15, 0.2) is 33.9 Å². The van der Waals surface area contributed by atoms with E-state index in [1.54, 1.807) is 26.0 Å². The lowest BCUT2D eigenvalue weighted by Crippen LogP contribution is -2.34. The fourth-order valence-electron chi connectivity index (χ4n) is 4.54. The van der Waals surface area contributed by atoms with E-state index in [4.69, 9.17) is 24.4 Å². The minimum absolute atomic E-state index is 0.0176. The normalized spacial score (nSPS) is 11.0. The van der Waals surface area contributed by atoms with Gasteiger partial charge in [-0.25, -0.2) is 0 Å². The Morgan fingerprint density at radius 2 is 1.05 bits per heavy atom. The highest BCUT2D eigenvalue weighted by Crippen LogP contribution is 2.37. The van der Waals surface area contributed by atoms with Crippen LogP contribution in [0.3, 0.4) is 0 Å². The van der Waals surface area contributed by atoms with Crippen LogP contribution in [0.1, 0.15) is 69.7 Å². The molecule has 214 valence electrons. The van der Waals surface area contributed by atoms with Crippen molar-refractivity contribution in [3.8, 4) is 11.8 Å². The van der Waals surface area contributed by atoms with Crippen molar-refractivity contribution >= 4 is 24.4 Å². The topological polar surface area (TPSA) is 106 Å². The van der Waals surface area contributed by atoms with Crippen molar-refractivity contribution in [2.45, 2.75) is 80.6 Å². The number of hydrogen-bond donors (Lipinski definition) is 3. The van der Waals surface area contributed by atoms with Crippen LogP contribution in [0.2, 0.25) is 0 Å². The van der Waals surface area contributed by atoms with Gasteiger partial charge in [0.25, 0.3) is 11.1 Å². The Bertz CT molecular complexity index is 1430. The molecule has 0 radical (unpaired) electrons. The summed E-state index contributed by atoms with van der Waals surface area (Å²) in [5, 5.41) is 25.7. The Balaban J connectivity index is 0.000000976. The van der Waals surface area contributed by atoms with Gasteiger partial charge in [0, 0.05) is 26.2 Å². The molecular weight excluding hydrogens is 534 g/mol. The highest BCUT2D eigenvalue weighted by molar-refractivity contribution is 7.71. The van der Waals surface area contributed by atoms with Crippen LogP contribution in [0, 0.1) is 16.5 Å².